The zero-order valence-corrected chi connectivity index (χ0v) is 15.2. The van der Waals surface area contributed by atoms with E-state index in [4.69, 9.17) is 9.47 Å². The first-order valence-corrected chi connectivity index (χ1v) is 10.2. The molecule has 5 nitrogen and oxygen atoms in total. The molecule has 1 fully saturated rings. The molecule has 1 heterocycles. The predicted molar refractivity (Wildman–Crippen MR) is 94.6 cm³/mol. The van der Waals surface area contributed by atoms with Crippen LogP contribution >= 0.6 is 11.8 Å². The SMILES string of the molecule is CCC[S+]([O-])CC(=O)N1CCSC1COc1ccccc1OC. The fourth-order valence-corrected chi connectivity index (χ4v) is 4.55. The number of hydrogen-bond acceptors (Lipinski definition) is 5. The lowest BCUT2D eigenvalue weighted by Crippen LogP contribution is -2.41. The van der Waals surface area contributed by atoms with Crippen LogP contribution < -0.4 is 9.47 Å². The molecule has 2 unspecified atom stereocenters. The van der Waals surface area contributed by atoms with Gasteiger partial charge in [0.2, 0.25) is 0 Å². The minimum atomic E-state index is -1.07. The van der Waals surface area contributed by atoms with Gasteiger partial charge >= 0.3 is 0 Å². The molecule has 7 heteroatoms. The normalized spacial score (nSPS) is 18.7. The number of carbonyl (C=O) groups is 1. The third-order valence-corrected chi connectivity index (χ3v) is 6.10. The van der Waals surface area contributed by atoms with Crippen molar-refractivity contribution in [2.45, 2.75) is 18.7 Å². The molecule has 0 saturated carbocycles. The van der Waals surface area contributed by atoms with Crippen LogP contribution in [0.4, 0.5) is 0 Å². The maximum atomic E-state index is 12.3. The summed E-state index contributed by atoms with van der Waals surface area (Å²) in [6.07, 6.45) is 0.828. The van der Waals surface area contributed by atoms with Crippen molar-refractivity contribution in [3.05, 3.63) is 24.3 Å². The number of carbonyl (C=O) groups excluding carboxylic acids is 1. The zero-order valence-electron chi connectivity index (χ0n) is 13.5. The quantitative estimate of drug-likeness (QED) is 0.667. The minimum absolute atomic E-state index is 0.0361. The molecule has 1 amide bonds. The Labute approximate surface area is 144 Å². The summed E-state index contributed by atoms with van der Waals surface area (Å²) in [5.41, 5.74) is 0. The van der Waals surface area contributed by atoms with Gasteiger partial charge in [0.05, 0.1) is 7.11 Å². The van der Waals surface area contributed by atoms with Crippen LogP contribution in [0.25, 0.3) is 0 Å². The van der Waals surface area contributed by atoms with Crippen LogP contribution in [-0.4, -0.2) is 58.3 Å². The fraction of sp³-hybridized carbons (Fsp3) is 0.562. The van der Waals surface area contributed by atoms with Gasteiger partial charge in [0.25, 0.3) is 5.91 Å². The Bertz CT molecular complexity index is 515. The maximum absolute atomic E-state index is 12.3. The number of thioether (sulfide) groups is 1. The Hall–Kier alpha value is -1.05. The van der Waals surface area contributed by atoms with Crippen molar-refractivity contribution in [1.29, 1.82) is 0 Å². The number of rotatable bonds is 8. The Morgan fingerprint density at radius 3 is 2.87 bits per heavy atom. The van der Waals surface area contributed by atoms with Crippen LogP contribution in [0.5, 0.6) is 11.5 Å². The van der Waals surface area contributed by atoms with E-state index in [1.807, 2.05) is 31.2 Å². The third-order valence-electron chi connectivity index (χ3n) is 3.48. The summed E-state index contributed by atoms with van der Waals surface area (Å²) in [7, 11) is 1.60. The zero-order chi connectivity index (χ0) is 16.7. The number of para-hydroxylation sites is 2. The van der Waals surface area contributed by atoms with Crippen molar-refractivity contribution >= 4 is 28.8 Å². The molecule has 1 saturated heterocycles. The summed E-state index contributed by atoms with van der Waals surface area (Å²) >= 11 is 0.625. The summed E-state index contributed by atoms with van der Waals surface area (Å²) in [6, 6.07) is 7.46. The molecule has 1 aliphatic heterocycles. The second kappa shape index (κ2) is 9.30. The summed E-state index contributed by atoms with van der Waals surface area (Å²) in [6.45, 7) is 3.06. The fourth-order valence-electron chi connectivity index (χ4n) is 2.36. The largest absolute Gasteiger partial charge is 0.616 e. The van der Waals surface area contributed by atoms with Gasteiger partial charge in [-0.3, -0.25) is 4.79 Å². The maximum Gasteiger partial charge on any atom is 0.273 e. The Balaban J connectivity index is 1.90. The smallest absolute Gasteiger partial charge is 0.273 e. The van der Waals surface area contributed by atoms with Gasteiger partial charge in [0.15, 0.2) is 17.3 Å². The molecule has 0 radical (unpaired) electrons. The third kappa shape index (κ3) is 5.22. The molecule has 2 rings (SSSR count). The van der Waals surface area contributed by atoms with Gasteiger partial charge in [0.1, 0.15) is 17.7 Å². The summed E-state index contributed by atoms with van der Waals surface area (Å²) in [4.78, 5) is 14.1. The van der Waals surface area contributed by atoms with Gasteiger partial charge in [-0.2, -0.15) is 0 Å². The van der Waals surface area contributed by atoms with Gasteiger partial charge in [-0.05, 0) is 29.7 Å². The lowest BCUT2D eigenvalue weighted by Gasteiger charge is -2.24. The average molecular weight is 357 g/mol. The number of methoxy groups -OCH3 is 1. The summed E-state index contributed by atoms with van der Waals surface area (Å²) in [5.74, 6) is 2.87. The highest BCUT2D eigenvalue weighted by molar-refractivity contribution is 8.00. The van der Waals surface area contributed by atoms with E-state index in [1.165, 1.54) is 0 Å². The predicted octanol–water partition coefficient (Wildman–Crippen LogP) is 2.13. The summed E-state index contributed by atoms with van der Waals surface area (Å²) < 4.78 is 22.9. The second-order valence-corrected chi connectivity index (χ2v) is 8.03. The summed E-state index contributed by atoms with van der Waals surface area (Å²) in [5, 5.41) is -0.0361. The van der Waals surface area contributed by atoms with Crippen molar-refractivity contribution in [1.82, 2.24) is 4.90 Å². The van der Waals surface area contributed by atoms with Crippen LogP contribution in [0, 0.1) is 0 Å². The van der Waals surface area contributed by atoms with E-state index < -0.39 is 11.2 Å². The number of hydrogen-bond donors (Lipinski definition) is 0. The number of nitrogens with zero attached hydrogens (tertiary/aromatic N) is 1. The second-order valence-electron chi connectivity index (χ2n) is 5.16. The molecule has 0 N–H and O–H groups in total. The van der Waals surface area contributed by atoms with Gasteiger partial charge in [-0.25, -0.2) is 0 Å². The molecular weight excluding hydrogens is 334 g/mol. The van der Waals surface area contributed by atoms with Gasteiger partial charge in [-0.15, -0.1) is 11.8 Å². The monoisotopic (exact) mass is 357 g/mol. The average Bonchev–Trinajstić information content (AvgIpc) is 3.02. The lowest BCUT2D eigenvalue weighted by atomic mass is 10.3. The Morgan fingerprint density at radius 2 is 2.17 bits per heavy atom. The highest BCUT2D eigenvalue weighted by atomic mass is 32.2. The van der Waals surface area contributed by atoms with Crippen molar-refractivity contribution in [2.75, 3.05) is 37.5 Å². The van der Waals surface area contributed by atoms with E-state index in [1.54, 1.807) is 23.8 Å². The van der Waals surface area contributed by atoms with Crippen LogP contribution in [0.1, 0.15) is 13.3 Å². The lowest BCUT2D eigenvalue weighted by molar-refractivity contribution is -0.128. The van der Waals surface area contributed by atoms with Gasteiger partial charge < -0.3 is 18.9 Å². The number of benzene rings is 1. The molecule has 0 aliphatic carbocycles. The van der Waals surface area contributed by atoms with Crippen LogP contribution in [-0.2, 0) is 16.0 Å². The topological polar surface area (TPSA) is 61.8 Å². The molecule has 23 heavy (non-hydrogen) atoms. The van der Waals surface area contributed by atoms with E-state index in [9.17, 15) is 9.35 Å². The van der Waals surface area contributed by atoms with Crippen molar-refractivity contribution in [3.8, 4) is 11.5 Å². The highest BCUT2D eigenvalue weighted by Gasteiger charge is 2.32. The van der Waals surface area contributed by atoms with Gasteiger partial charge in [-0.1, -0.05) is 19.1 Å². The number of ether oxygens (including phenoxy) is 2. The molecule has 128 valence electrons. The first kappa shape index (κ1) is 18.3. The molecule has 1 aliphatic rings. The highest BCUT2D eigenvalue weighted by Crippen LogP contribution is 2.29. The standard InChI is InChI=1S/C16H23NO4S2/c1-3-10-23(19)12-15(18)17-8-9-22-16(17)11-21-14-7-5-4-6-13(14)20-2/h4-7,16H,3,8-12H2,1-2H3. The molecule has 0 spiro atoms. The molecule has 0 aromatic heterocycles. The van der Waals surface area contributed by atoms with Crippen LogP contribution in [0.15, 0.2) is 24.3 Å². The molecular formula is C16H23NO4S2. The molecule has 1 aromatic rings. The molecule has 1 aromatic carbocycles. The van der Waals surface area contributed by atoms with Gasteiger partial charge in [0, 0.05) is 12.3 Å². The van der Waals surface area contributed by atoms with Crippen LogP contribution in [0.3, 0.4) is 0 Å². The van der Waals surface area contributed by atoms with E-state index >= 15 is 0 Å². The first-order chi connectivity index (χ1) is 11.2. The molecule has 2 atom stereocenters. The first-order valence-electron chi connectivity index (χ1n) is 7.67. The van der Waals surface area contributed by atoms with E-state index in [2.05, 4.69) is 0 Å². The van der Waals surface area contributed by atoms with Crippen molar-refractivity contribution < 1.29 is 18.8 Å². The van der Waals surface area contributed by atoms with Crippen molar-refractivity contribution in [3.63, 3.8) is 0 Å². The Morgan fingerprint density at radius 1 is 1.43 bits per heavy atom. The van der Waals surface area contributed by atoms with E-state index in [-0.39, 0.29) is 17.0 Å². The minimum Gasteiger partial charge on any atom is -0.616 e. The van der Waals surface area contributed by atoms with E-state index in [0.717, 1.165) is 12.2 Å². The van der Waals surface area contributed by atoms with E-state index in [0.29, 0.717) is 30.4 Å². The van der Waals surface area contributed by atoms with Crippen LogP contribution in [0.2, 0.25) is 0 Å². The molecule has 0 bridgehead atoms. The number of amides is 1. The Kier molecular flexibility index (Phi) is 7.39. The van der Waals surface area contributed by atoms with Crippen molar-refractivity contribution in [2.24, 2.45) is 0 Å².